The molecule has 1 unspecified atom stereocenters. The van der Waals surface area contributed by atoms with Crippen LogP contribution in [0.15, 0.2) is 40.3 Å². The summed E-state index contributed by atoms with van der Waals surface area (Å²) in [6.07, 6.45) is 0. The largest absolute Gasteiger partial charge is 0.359 e. The highest BCUT2D eigenvalue weighted by atomic mass is 32.2. The van der Waals surface area contributed by atoms with Gasteiger partial charge in [0.05, 0.1) is 11.4 Å². The summed E-state index contributed by atoms with van der Waals surface area (Å²) < 4.78 is 25.4. The van der Waals surface area contributed by atoms with Crippen molar-refractivity contribution in [1.29, 1.82) is 0 Å². The highest BCUT2D eigenvalue weighted by Crippen LogP contribution is 2.23. The van der Waals surface area contributed by atoms with Crippen LogP contribution >= 0.6 is 11.8 Å². The molecule has 0 saturated heterocycles. The quantitative estimate of drug-likeness (QED) is 0.614. The molecule has 0 aliphatic carbocycles. The Balaban J connectivity index is 1.90. The number of benzene rings is 1. The molecule has 8 nitrogen and oxygen atoms in total. The number of sulfonamides is 1. The van der Waals surface area contributed by atoms with E-state index in [9.17, 15) is 18.0 Å². The number of hydrogen-bond donors (Lipinski definition) is 3. The third-order valence-corrected chi connectivity index (χ3v) is 6.54. The second-order valence-corrected chi connectivity index (χ2v) is 9.58. The molecule has 1 aromatic rings. The number of thioether (sulfide) groups is 1. The first kappa shape index (κ1) is 21.3. The lowest BCUT2D eigenvalue weighted by atomic mass is 10.2. The third-order valence-electron chi connectivity index (χ3n) is 3.83. The summed E-state index contributed by atoms with van der Waals surface area (Å²) in [6.45, 7) is 3.89. The van der Waals surface area contributed by atoms with Crippen LogP contribution in [0.1, 0.15) is 24.2 Å². The summed E-state index contributed by atoms with van der Waals surface area (Å²) in [5, 5.41) is 10.4. The van der Waals surface area contributed by atoms with E-state index < -0.39 is 15.9 Å². The molecule has 0 fully saturated rings. The van der Waals surface area contributed by atoms with Crippen molar-refractivity contribution in [2.75, 3.05) is 20.6 Å². The molecule has 1 atom stereocenters. The average molecular weight is 413 g/mol. The van der Waals surface area contributed by atoms with Crippen molar-refractivity contribution in [2.24, 2.45) is 5.92 Å². The van der Waals surface area contributed by atoms with Gasteiger partial charge in [-0.1, -0.05) is 31.7 Å². The van der Waals surface area contributed by atoms with Crippen LogP contribution < -0.4 is 16.0 Å². The van der Waals surface area contributed by atoms with Gasteiger partial charge in [0.1, 0.15) is 0 Å². The third kappa shape index (κ3) is 5.47. The van der Waals surface area contributed by atoms with E-state index in [1.54, 1.807) is 0 Å². The average Bonchev–Trinajstić information content (AvgIpc) is 3.08. The number of carbonyl (C=O) groups is 2. The minimum absolute atomic E-state index is 0.0171. The molecule has 0 aromatic heterocycles. The Morgan fingerprint density at radius 3 is 2.59 bits per heavy atom. The summed E-state index contributed by atoms with van der Waals surface area (Å²) in [5.74, 6) is -0.525. The minimum Gasteiger partial charge on any atom is -0.359 e. The van der Waals surface area contributed by atoms with Gasteiger partial charge in [-0.3, -0.25) is 9.59 Å². The molecule has 3 N–H and O–H groups in total. The standard InChI is InChI=1S/C17H24N4O4S2/c1-11(2)14-10-26-17(19-14)20-15(22)9-18-16(23)12-6-5-7-13(8-12)27(24,25)21(3)4/h5-8,10-11,17,19H,9H2,1-4H3,(H,18,23)(H,20,22). The lowest BCUT2D eigenvalue weighted by Gasteiger charge is -2.16. The first-order valence-electron chi connectivity index (χ1n) is 8.33. The van der Waals surface area contributed by atoms with Gasteiger partial charge in [0.2, 0.25) is 15.9 Å². The first-order valence-corrected chi connectivity index (χ1v) is 10.7. The van der Waals surface area contributed by atoms with Crippen molar-refractivity contribution in [3.05, 3.63) is 40.9 Å². The molecule has 1 aliphatic heterocycles. The number of hydrogen-bond acceptors (Lipinski definition) is 6. The lowest BCUT2D eigenvalue weighted by molar-refractivity contribution is -0.120. The van der Waals surface area contributed by atoms with Gasteiger partial charge in [-0.25, -0.2) is 12.7 Å². The van der Waals surface area contributed by atoms with Crippen LogP contribution in [0.25, 0.3) is 0 Å². The van der Waals surface area contributed by atoms with Crippen LogP contribution in [0.3, 0.4) is 0 Å². The Hall–Kier alpha value is -2.04. The van der Waals surface area contributed by atoms with Crippen LogP contribution in [0.5, 0.6) is 0 Å². The first-order chi connectivity index (χ1) is 12.6. The summed E-state index contributed by atoms with van der Waals surface area (Å²) in [7, 11) is -0.800. The molecule has 2 amide bonds. The van der Waals surface area contributed by atoms with Crippen molar-refractivity contribution in [3.8, 4) is 0 Å². The Morgan fingerprint density at radius 1 is 1.30 bits per heavy atom. The van der Waals surface area contributed by atoms with E-state index in [1.807, 2.05) is 5.41 Å². The molecule has 0 bridgehead atoms. The Morgan fingerprint density at radius 2 is 2.00 bits per heavy atom. The van der Waals surface area contributed by atoms with Crippen molar-refractivity contribution in [1.82, 2.24) is 20.3 Å². The van der Waals surface area contributed by atoms with E-state index in [4.69, 9.17) is 0 Å². The van der Waals surface area contributed by atoms with Gasteiger partial charge in [-0.2, -0.15) is 0 Å². The van der Waals surface area contributed by atoms with E-state index >= 15 is 0 Å². The SMILES string of the molecule is CC(C)C1=CSC(NC(=O)CNC(=O)c2cccc(S(=O)(=O)N(C)C)c2)N1. The van der Waals surface area contributed by atoms with Crippen LogP contribution in [0.2, 0.25) is 0 Å². The number of nitrogens with one attached hydrogen (secondary N) is 3. The Labute approximate surface area is 163 Å². The molecule has 10 heteroatoms. The van der Waals surface area contributed by atoms with E-state index in [0.29, 0.717) is 5.92 Å². The molecular weight excluding hydrogens is 388 g/mol. The highest BCUT2D eigenvalue weighted by molar-refractivity contribution is 8.02. The van der Waals surface area contributed by atoms with Crippen molar-refractivity contribution < 1.29 is 18.0 Å². The van der Waals surface area contributed by atoms with Gasteiger partial charge in [-0.05, 0) is 29.5 Å². The molecule has 148 valence electrons. The molecule has 27 heavy (non-hydrogen) atoms. The van der Waals surface area contributed by atoms with Crippen LogP contribution in [0.4, 0.5) is 0 Å². The van der Waals surface area contributed by atoms with Gasteiger partial charge in [0, 0.05) is 25.4 Å². The summed E-state index contributed by atoms with van der Waals surface area (Å²) >= 11 is 1.46. The molecule has 0 saturated carbocycles. The maximum Gasteiger partial charge on any atom is 0.251 e. The van der Waals surface area contributed by atoms with E-state index in [-0.39, 0.29) is 28.4 Å². The Kier molecular flexibility index (Phi) is 6.90. The van der Waals surface area contributed by atoms with Gasteiger partial charge in [0.15, 0.2) is 5.50 Å². The second kappa shape index (κ2) is 8.77. The van der Waals surface area contributed by atoms with Crippen molar-refractivity contribution >= 4 is 33.6 Å². The minimum atomic E-state index is -3.64. The molecule has 2 rings (SSSR count). The van der Waals surface area contributed by atoms with Gasteiger partial charge in [0.25, 0.3) is 5.91 Å². The van der Waals surface area contributed by atoms with E-state index in [0.717, 1.165) is 10.0 Å². The fourth-order valence-corrected chi connectivity index (χ4v) is 4.18. The monoisotopic (exact) mass is 412 g/mol. The zero-order valence-electron chi connectivity index (χ0n) is 15.6. The summed E-state index contributed by atoms with van der Waals surface area (Å²) in [6, 6.07) is 5.69. The Bertz CT molecular complexity index is 850. The molecule has 1 heterocycles. The fourth-order valence-electron chi connectivity index (χ4n) is 2.20. The number of carbonyl (C=O) groups excluding carboxylic acids is 2. The molecule has 0 spiro atoms. The lowest BCUT2D eigenvalue weighted by Crippen LogP contribution is -2.45. The van der Waals surface area contributed by atoms with Crippen molar-refractivity contribution in [3.63, 3.8) is 0 Å². The van der Waals surface area contributed by atoms with E-state index in [2.05, 4.69) is 29.8 Å². The van der Waals surface area contributed by atoms with Gasteiger partial charge < -0.3 is 16.0 Å². The van der Waals surface area contributed by atoms with Crippen LogP contribution in [-0.2, 0) is 14.8 Å². The predicted molar refractivity (Wildman–Crippen MR) is 105 cm³/mol. The summed E-state index contributed by atoms with van der Waals surface area (Å²) in [5.41, 5.74) is 0.955. The normalized spacial score (nSPS) is 16.8. The molecule has 1 aliphatic rings. The molecule has 0 radical (unpaired) electrons. The van der Waals surface area contributed by atoms with Gasteiger partial charge >= 0.3 is 0 Å². The van der Waals surface area contributed by atoms with E-state index in [1.165, 1.54) is 50.1 Å². The van der Waals surface area contributed by atoms with Gasteiger partial charge in [-0.15, -0.1) is 0 Å². The maximum absolute atomic E-state index is 12.2. The zero-order chi connectivity index (χ0) is 20.2. The number of nitrogens with zero attached hydrogens (tertiary/aromatic N) is 1. The topological polar surface area (TPSA) is 108 Å². The van der Waals surface area contributed by atoms with Crippen LogP contribution in [0, 0.1) is 5.92 Å². The van der Waals surface area contributed by atoms with Crippen LogP contribution in [-0.4, -0.2) is 50.7 Å². The fraction of sp³-hybridized carbons (Fsp3) is 0.412. The number of allylic oxidation sites excluding steroid dienone is 1. The zero-order valence-corrected chi connectivity index (χ0v) is 17.3. The number of rotatable bonds is 7. The summed E-state index contributed by atoms with van der Waals surface area (Å²) in [4.78, 5) is 24.3. The number of amides is 2. The highest BCUT2D eigenvalue weighted by Gasteiger charge is 2.21. The predicted octanol–water partition coefficient (Wildman–Crippen LogP) is 0.900. The molecular formula is C17H24N4O4S2. The second-order valence-electron chi connectivity index (χ2n) is 6.45. The smallest absolute Gasteiger partial charge is 0.251 e. The maximum atomic E-state index is 12.2. The molecule has 1 aromatic carbocycles. The van der Waals surface area contributed by atoms with Crippen molar-refractivity contribution in [2.45, 2.75) is 24.2 Å².